The van der Waals surface area contributed by atoms with Gasteiger partial charge in [0.2, 0.25) is 0 Å². The Morgan fingerprint density at radius 2 is 1.81 bits per heavy atom. The van der Waals surface area contributed by atoms with Crippen molar-refractivity contribution in [2.75, 3.05) is 51.8 Å². The van der Waals surface area contributed by atoms with Crippen molar-refractivity contribution in [1.82, 2.24) is 4.90 Å². The molecule has 0 aromatic rings. The Bertz CT molecular complexity index is 249. The smallest absolute Gasteiger partial charge is 0.266 e. The highest BCUT2D eigenvalue weighted by atomic mass is 32.2. The zero-order chi connectivity index (χ0) is 12.4. The Morgan fingerprint density at radius 1 is 1.31 bits per heavy atom. The Hall–Kier alpha value is -0.250. The highest BCUT2D eigenvalue weighted by Gasteiger charge is 2.13. The van der Waals surface area contributed by atoms with Gasteiger partial charge < -0.3 is 15.6 Å². The van der Waals surface area contributed by atoms with Crippen LogP contribution in [0.3, 0.4) is 0 Å². The van der Waals surface area contributed by atoms with Crippen molar-refractivity contribution in [3.05, 3.63) is 0 Å². The van der Waals surface area contributed by atoms with Gasteiger partial charge in [-0.3, -0.25) is 9.45 Å². The Labute approximate surface area is 95.9 Å². The predicted molar refractivity (Wildman–Crippen MR) is 59.8 cm³/mol. The fourth-order valence-corrected chi connectivity index (χ4v) is 1.56. The van der Waals surface area contributed by atoms with Crippen molar-refractivity contribution in [3.8, 4) is 0 Å². The molecule has 0 unspecified atom stereocenters. The zero-order valence-electron chi connectivity index (χ0n) is 9.21. The highest BCUT2D eigenvalue weighted by molar-refractivity contribution is 7.85. The number of hydrogen-bond donors (Lipinski definition) is 3. The molecule has 0 aromatic heterocycles. The SMILES string of the molecule is NCCO.O=S(=O)(O)CCN1CCOCC1. The average molecular weight is 256 g/mol. The molecule has 0 aromatic carbocycles. The van der Waals surface area contributed by atoms with Crippen LogP contribution in [0.1, 0.15) is 0 Å². The van der Waals surface area contributed by atoms with Gasteiger partial charge in [-0.15, -0.1) is 0 Å². The first-order chi connectivity index (χ1) is 7.49. The lowest BCUT2D eigenvalue weighted by Gasteiger charge is -2.25. The van der Waals surface area contributed by atoms with Crippen LogP contribution in [0.15, 0.2) is 0 Å². The Balaban J connectivity index is 0.000000487. The lowest BCUT2D eigenvalue weighted by Crippen LogP contribution is -2.38. The summed E-state index contributed by atoms with van der Waals surface area (Å²) in [5.41, 5.74) is 4.78. The minimum Gasteiger partial charge on any atom is -0.395 e. The van der Waals surface area contributed by atoms with Crippen molar-refractivity contribution >= 4 is 10.1 Å². The second-order valence-corrected chi connectivity index (χ2v) is 4.82. The molecule has 1 heterocycles. The van der Waals surface area contributed by atoms with Crippen LogP contribution in [0, 0.1) is 0 Å². The van der Waals surface area contributed by atoms with Gasteiger partial charge in [-0.05, 0) is 0 Å². The molecule has 1 rings (SSSR count). The van der Waals surface area contributed by atoms with Crippen LogP contribution >= 0.6 is 0 Å². The third-order valence-electron chi connectivity index (χ3n) is 1.90. The van der Waals surface area contributed by atoms with Gasteiger partial charge in [0, 0.05) is 26.2 Å². The maximum atomic E-state index is 10.4. The molecule has 0 spiro atoms. The third-order valence-corrected chi connectivity index (χ3v) is 2.60. The first kappa shape index (κ1) is 15.8. The molecular formula is C8H20N2O5S. The molecule has 16 heavy (non-hydrogen) atoms. The standard InChI is InChI=1S/C6H13NO4S.C2H7NO/c8-12(9,10)6-3-7-1-4-11-5-2-7;3-1-2-4/h1-6H2,(H,8,9,10);4H,1-3H2. The van der Waals surface area contributed by atoms with E-state index in [1.54, 1.807) is 0 Å². The van der Waals surface area contributed by atoms with Gasteiger partial charge in [0.1, 0.15) is 0 Å². The first-order valence-corrected chi connectivity index (χ1v) is 6.66. The summed E-state index contributed by atoms with van der Waals surface area (Å²) in [5, 5.41) is 7.75. The fraction of sp³-hybridized carbons (Fsp3) is 1.00. The van der Waals surface area contributed by atoms with E-state index in [0.29, 0.717) is 26.3 Å². The normalized spacial score (nSPS) is 17.7. The number of aliphatic hydroxyl groups is 1. The summed E-state index contributed by atoms with van der Waals surface area (Å²) in [6.45, 7) is 3.64. The number of ether oxygens (including phenoxy) is 1. The highest BCUT2D eigenvalue weighted by Crippen LogP contribution is 1.96. The van der Waals surface area contributed by atoms with Gasteiger partial charge in [-0.25, -0.2) is 0 Å². The van der Waals surface area contributed by atoms with Gasteiger partial charge in [-0.2, -0.15) is 8.42 Å². The largest absolute Gasteiger partial charge is 0.395 e. The van der Waals surface area contributed by atoms with E-state index in [2.05, 4.69) is 0 Å². The monoisotopic (exact) mass is 256 g/mol. The van der Waals surface area contributed by atoms with Gasteiger partial charge in [0.25, 0.3) is 10.1 Å². The molecule has 0 atom stereocenters. The molecule has 0 radical (unpaired) electrons. The van der Waals surface area contributed by atoms with Crippen LogP contribution < -0.4 is 5.73 Å². The van der Waals surface area contributed by atoms with E-state index in [4.69, 9.17) is 20.1 Å². The quantitative estimate of drug-likeness (QED) is 0.506. The van der Waals surface area contributed by atoms with Crippen LogP contribution in [0.2, 0.25) is 0 Å². The van der Waals surface area contributed by atoms with E-state index in [9.17, 15) is 8.42 Å². The molecule has 98 valence electrons. The van der Waals surface area contributed by atoms with Crippen LogP contribution in [0.25, 0.3) is 0 Å². The first-order valence-electron chi connectivity index (χ1n) is 5.06. The summed E-state index contributed by atoms with van der Waals surface area (Å²) in [5.74, 6) is -0.188. The maximum Gasteiger partial charge on any atom is 0.266 e. The van der Waals surface area contributed by atoms with E-state index in [-0.39, 0.29) is 12.4 Å². The third kappa shape index (κ3) is 10.3. The summed E-state index contributed by atoms with van der Waals surface area (Å²) < 4.78 is 34.3. The minimum atomic E-state index is -3.81. The molecule has 8 heteroatoms. The molecule has 0 saturated carbocycles. The van der Waals surface area contributed by atoms with Crippen molar-refractivity contribution in [1.29, 1.82) is 0 Å². The van der Waals surface area contributed by atoms with Gasteiger partial charge in [0.05, 0.1) is 25.6 Å². The van der Waals surface area contributed by atoms with Crippen LogP contribution in [0.5, 0.6) is 0 Å². The van der Waals surface area contributed by atoms with Crippen LogP contribution in [-0.2, 0) is 14.9 Å². The van der Waals surface area contributed by atoms with Gasteiger partial charge in [0.15, 0.2) is 0 Å². The number of morpholine rings is 1. The lowest BCUT2D eigenvalue weighted by molar-refractivity contribution is 0.0406. The summed E-state index contributed by atoms with van der Waals surface area (Å²) in [6.07, 6.45) is 0. The van der Waals surface area contributed by atoms with Crippen LogP contribution in [0.4, 0.5) is 0 Å². The van der Waals surface area contributed by atoms with Crippen molar-refractivity contribution < 1.29 is 22.8 Å². The fourth-order valence-electron chi connectivity index (χ4n) is 1.07. The van der Waals surface area contributed by atoms with Crippen LogP contribution in [-0.4, -0.2) is 74.7 Å². The Morgan fingerprint density at radius 3 is 2.19 bits per heavy atom. The second-order valence-electron chi connectivity index (χ2n) is 3.25. The number of hydrogen-bond acceptors (Lipinski definition) is 6. The summed E-state index contributed by atoms with van der Waals surface area (Å²) in [6, 6.07) is 0. The molecule has 1 fully saturated rings. The van der Waals surface area contributed by atoms with E-state index in [1.165, 1.54) is 0 Å². The second kappa shape index (κ2) is 8.85. The van der Waals surface area contributed by atoms with E-state index < -0.39 is 10.1 Å². The predicted octanol–water partition coefficient (Wildman–Crippen LogP) is -1.86. The number of nitrogens with two attached hydrogens (primary N) is 1. The molecular weight excluding hydrogens is 236 g/mol. The van der Waals surface area contributed by atoms with Crippen molar-refractivity contribution in [3.63, 3.8) is 0 Å². The molecule has 1 aliphatic rings. The molecule has 0 aliphatic carbocycles. The zero-order valence-corrected chi connectivity index (χ0v) is 10.0. The van der Waals surface area contributed by atoms with Crippen molar-refractivity contribution in [2.24, 2.45) is 5.73 Å². The summed E-state index contributed by atoms with van der Waals surface area (Å²) >= 11 is 0. The number of rotatable bonds is 4. The summed E-state index contributed by atoms with van der Waals surface area (Å²) in [7, 11) is -3.81. The number of nitrogens with zero attached hydrogens (tertiary/aromatic N) is 1. The molecule has 1 aliphatic heterocycles. The molecule has 1 saturated heterocycles. The number of aliphatic hydroxyl groups excluding tert-OH is 1. The van der Waals surface area contributed by atoms with E-state index in [1.807, 2.05) is 4.90 Å². The molecule has 4 N–H and O–H groups in total. The average Bonchev–Trinajstić information content (AvgIpc) is 2.27. The Kier molecular flexibility index (Phi) is 8.71. The molecule has 0 amide bonds. The topological polar surface area (TPSA) is 113 Å². The lowest BCUT2D eigenvalue weighted by atomic mass is 10.4. The van der Waals surface area contributed by atoms with E-state index >= 15 is 0 Å². The van der Waals surface area contributed by atoms with Gasteiger partial charge >= 0.3 is 0 Å². The van der Waals surface area contributed by atoms with Gasteiger partial charge in [-0.1, -0.05) is 0 Å². The minimum absolute atomic E-state index is 0.0972. The van der Waals surface area contributed by atoms with E-state index in [0.717, 1.165) is 13.1 Å². The maximum absolute atomic E-state index is 10.4. The summed E-state index contributed by atoms with van der Waals surface area (Å²) in [4.78, 5) is 1.96. The van der Waals surface area contributed by atoms with Crippen molar-refractivity contribution in [2.45, 2.75) is 0 Å². The molecule has 7 nitrogen and oxygen atoms in total. The molecule has 0 bridgehead atoms.